The van der Waals surface area contributed by atoms with Crippen molar-refractivity contribution in [3.05, 3.63) is 84.6 Å². The molecule has 0 atom stereocenters. The Morgan fingerprint density at radius 1 is 0.974 bits per heavy atom. The molecule has 0 amide bonds. The average Bonchev–Trinajstić information content (AvgIpc) is 2.99. The molecule has 6 rings (SSSR count). The van der Waals surface area contributed by atoms with Crippen LogP contribution in [0.1, 0.15) is 5.56 Å². The molecular weight excluding hydrogens is 495 g/mol. The summed E-state index contributed by atoms with van der Waals surface area (Å²) in [5.41, 5.74) is 6.25. The molecular formula is C30H27FN6O2. The van der Waals surface area contributed by atoms with E-state index in [-0.39, 0.29) is 5.82 Å². The Balaban J connectivity index is 1.53. The van der Waals surface area contributed by atoms with Crippen LogP contribution in [0.3, 0.4) is 0 Å². The molecule has 0 saturated carbocycles. The molecule has 1 saturated heterocycles. The Hall–Kier alpha value is -4.63. The fraction of sp³-hybridized carbons (Fsp3) is 0.200. The van der Waals surface area contributed by atoms with E-state index >= 15 is 0 Å². The lowest BCUT2D eigenvalue weighted by Crippen LogP contribution is -2.36. The van der Waals surface area contributed by atoms with Crippen LogP contribution in [-0.4, -0.2) is 53.3 Å². The Labute approximate surface area is 225 Å². The van der Waals surface area contributed by atoms with Gasteiger partial charge in [-0.2, -0.15) is 0 Å². The first-order chi connectivity index (χ1) is 19.1. The van der Waals surface area contributed by atoms with Gasteiger partial charge in [0, 0.05) is 72.0 Å². The normalized spacial score (nSPS) is 13.5. The van der Waals surface area contributed by atoms with Crippen LogP contribution in [0.25, 0.3) is 33.4 Å². The number of halogens is 1. The van der Waals surface area contributed by atoms with Crippen LogP contribution < -0.4 is 15.0 Å². The predicted octanol–water partition coefficient (Wildman–Crippen LogP) is 5.79. The van der Waals surface area contributed by atoms with E-state index < -0.39 is 0 Å². The summed E-state index contributed by atoms with van der Waals surface area (Å²) in [7, 11) is 1.59. The van der Waals surface area contributed by atoms with E-state index in [1.807, 2.05) is 49.5 Å². The van der Waals surface area contributed by atoms with Crippen molar-refractivity contribution in [2.24, 2.45) is 0 Å². The smallest absolute Gasteiger partial charge is 0.212 e. The zero-order chi connectivity index (χ0) is 26.8. The summed E-state index contributed by atoms with van der Waals surface area (Å²) in [4.78, 5) is 20.7. The van der Waals surface area contributed by atoms with Crippen molar-refractivity contribution in [3.8, 4) is 28.4 Å². The molecule has 1 aliphatic heterocycles. The Morgan fingerprint density at radius 2 is 1.85 bits per heavy atom. The summed E-state index contributed by atoms with van der Waals surface area (Å²) >= 11 is 0. The van der Waals surface area contributed by atoms with Crippen molar-refractivity contribution in [2.75, 3.05) is 43.6 Å². The summed E-state index contributed by atoms with van der Waals surface area (Å²) in [5.74, 6) is 1.03. The third-order valence-electron chi connectivity index (χ3n) is 6.84. The van der Waals surface area contributed by atoms with Crippen LogP contribution >= 0.6 is 0 Å². The van der Waals surface area contributed by atoms with Crippen LogP contribution in [0.4, 0.5) is 21.6 Å². The van der Waals surface area contributed by atoms with Crippen molar-refractivity contribution in [1.82, 2.24) is 19.9 Å². The molecule has 1 fully saturated rings. The van der Waals surface area contributed by atoms with E-state index in [1.165, 1.54) is 12.1 Å². The number of aromatic nitrogens is 4. The summed E-state index contributed by atoms with van der Waals surface area (Å²) in [6.07, 6.45) is 5.35. The number of hydrogen-bond acceptors (Lipinski definition) is 8. The first kappa shape index (κ1) is 24.7. The van der Waals surface area contributed by atoms with E-state index in [1.54, 1.807) is 25.6 Å². The van der Waals surface area contributed by atoms with Crippen molar-refractivity contribution in [1.29, 1.82) is 0 Å². The van der Waals surface area contributed by atoms with E-state index in [4.69, 9.17) is 19.4 Å². The van der Waals surface area contributed by atoms with Gasteiger partial charge in [0.15, 0.2) is 0 Å². The molecule has 1 aliphatic rings. The lowest BCUT2D eigenvalue weighted by Gasteiger charge is -2.28. The lowest BCUT2D eigenvalue weighted by molar-refractivity contribution is 0.122. The van der Waals surface area contributed by atoms with Gasteiger partial charge in [-0.05, 0) is 37.3 Å². The van der Waals surface area contributed by atoms with Gasteiger partial charge < -0.3 is 19.7 Å². The highest BCUT2D eigenvalue weighted by Crippen LogP contribution is 2.38. The Kier molecular flexibility index (Phi) is 6.73. The summed E-state index contributed by atoms with van der Waals surface area (Å²) in [6.45, 7) is 4.83. The molecule has 39 heavy (non-hydrogen) atoms. The van der Waals surface area contributed by atoms with Gasteiger partial charge in [-0.1, -0.05) is 6.07 Å². The summed E-state index contributed by atoms with van der Waals surface area (Å²) < 4.78 is 25.1. The highest BCUT2D eigenvalue weighted by molar-refractivity contribution is 5.99. The van der Waals surface area contributed by atoms with Gasteiger partial charge in [-0.25, -0.2) is 19.3 Å². The minimum Gasteiger partial charge on any atom is -0.481 e. The van der Waals surface area contributed by atoms with Crippen LogP contribution in [0.15, 0.2) is 73.2 Å². The van der Waals surface area contributed by atoms with Gasteiger partial charge >= 0.3 is 0 Å². The molecule has 0 unspecified atom stereocenters. The lowest BCUT2D eigenvalue weighted by atomic mass is 10.0. The third-order valence-corrected chi connectivity index (χ3v) is 6.84. The second-order valence-corrected chi connectivity index (χ2v) is 9.24. The summed E-state index contributed by atoms with van der Waals surface area (Å²) in [6, 6.07) is 16.2. The molecule has 4 aromatic heterocycles. The van der Waals surface area contributed by atoms with E-state index in [0.717, 1.165) is 52.4 Å². The molecule has 0 aliphatic carbocycles. The number of nitrogens with zero attached hydrogens (tertiary/aromatic N) is 5. The number of hydrogen-bond donors (Lipinski definition) is 1. The maximum Gasteiger partial charge on any atom is 0.212 e. The molecule has 8 nitrogen and oxygen atoms in total. The summed E-state index contributed by atoms with van der Waals surface area (Å²) in [5, 5.41) is 4.48. The maximum absolute atomic E-state index is 14.3. The fourth-order valence-electron chi connectivity index (χ4n) is 4.78. The fourth-order valence-corrected chi connectivity index (χ4v) is 4.78. The second-order valence-electron chi connectivity index (χ2n) is 9.24. The SMILES string of the molecule is COc1ccc(-c2cnc(N3CCOCC3)cc2Nc2c(C)c(-c3ccccn3)nc3cc(F)ccc23)cn1. The molecule has 0 radical (unpaired) electrons. The maximum atomic E-state index is 14.3. The predicted molar refractivity (Wildman–Crippen MR) is 150 cm³/mol. The molecule has 0 bridgehead atoms. The number of morpholine rings is 1. The molecule has 1 aromatic carbocycles. The van der Waals surface area contributed by atoms with Crippen LogP contribution in [0.5, 0.6) is 5.88 Å². The van der Waals surface area contributed by atoms with Crippen molar-refractivity contribution in [3.63, 3.8) is 0 Å². The Morgan fingerprint density at radius 3 is 2.59 bits per heavy atom. The quantitative estimate of drug-likeness (QED) is 0.300. The number of rotatable bonds is 6. The van der Waals surface area contributed by atoms with E-state index in [0.29, 0.717) is 36.0 Å². The number of pyridine rings is 4. The highest BCUT2D eigenvalue weighted by atomic mass is 19.1. The van der Waals surface area contributed by atoms with E-state index in [2.05, 4.69) is 20.2 Å². The largest absolute Gasteiger partial charge is 0.481 e. The van der Waals surface area contributed by atoms with Crippen LogP contribution in [0, 0.1) is 12.7 Å². The number of ether oxygens (including phenoxy) is 2. The van der Waals surface area contributed by atoms with Gasteiger partial charge in [0.2, 0.25) is 5.88 Å². The standard InChI is InChI=1S/C30H27FN6O2/c1-19-29(22-8-7-21(31)15-25(22)36-30(19)24-5-3-4-10-32-24)35-26-16-27(37-11-13-39-14-12-37)33-18-23(26)20-6-9-28(38-2)34-17-20/h3-10,15-18H,11-14H2,1-2H3,(H,33,35,36). The number of anilines is 3. The molecule has 196 valence electrons. The minimum atomic E-state index is -0.347. The van der Waals surface area contributed by atoms with Crippen molar-refractivity contribution >= 4 is 28.1 Å². The first-order valence-electron chi connectivity index (χ1n) is 12.7. The molecule has 9 heteroatoms. The van der Waals surface area contributed by atoms with Gasteiger partial charge in [0.1, 0.15) is 11.6 Å². The molecule has 0 spiro atoms. The van der Waals surface area contributed by atoms with Gasteiger partial charge in [-0.15, -0.1) is 0 Å². The number of nitrogens with one attached hydrogen (secondary N) is 1. The topological polar surface area (TPSA) is 85.3 Å². The highest BCUT2D eigenvalue weighted by Gasteiger charge is 2.19. The van der Waals surface area contributed by atoms with Crippen molar-refractivity contribution < 1.29 is 13.9 Å². The molecule has 1 N–H and O–H groups in total. The second kappa shape index (κ2) is 10.6. The van der Waals surface area contributed by atoms with Crippen LogP contribution in [0.2, 0.25) is 0 Å². The monoisotopic (exact) mass is 522 g/mol. The number of fused-ring (bicyclic) bond motifs is 1. The Bertz CT molecular complexity index is 1620. The van der Waals surface area contributed by atoms with Crippen molar-refractivity contribution in [2.45, 2.75) is 6.92 Å². The zero-order valence-corrected chi connectivity index (χ0v) is 21.7. The number of benzene rings is 1. The molecule has 5 aromatic rings. The van der Waals surface area contributed by atoms with Gasteiger partial charge in [-0.3, -0.25) is 4.98 Å². The first-order valence-corrected chi connectivity index (χ1v) is 12.7. The van der Waals surface area contributed by atoms with Gasteiger partial charge in [0.25, 0.3) is 0 Å². The minimum absolute atomic E-state index is 0.347. The molecule has 5 heterocycles. The third kappa shape index (κ3) is 4.96. The van der Waals surface area contributed by atoms with Crippen LogP contribution in [-0.2, 0) is 4.74 Å². The average molecular weight is 523 g/mol. The number of methoxy groups -OCH3 is 1. The van der Waals surface area contributed by atoms with E-state index in [9.17, 15) is 4.39 Å². The van der Waals surface area contributed by atoms with Gasteiger partial charge in [0.05, 0.1) is 48.6 Å². The zero-order valence-electron chi connectivity index (χ0n) is 21.7.